The second-order valence-corrected chi connectivity index (χ2v) is 6.17. The maximum atomic E-state index is 12.5. The highest BCUT2D eigenvalue weighted by atomic mass is 32.2. The molecule has 0 saturated carbocycles. The molecule has 1 aliphatic rings. The molecule has 0 unspecified atom stereocenters. The van der Waals surface area contributed by atoms with Gasteiger partial charge in [0.25, 0.3) is 0 Å². The van der Waals surface area contributed by atoms with Crippen LogP contribution in [0.1, 0.15) is 30.7 Å². The van der Waals surface area contributed by atoms with Crippen LogP contribution in [-0.2, 0) is 16.6 Å². The van der Waals surface area contributed by atoms with Gasteiger partial charge in [-0.05, 0) is 19.8 Å². The molecule has 96 valence electrons. The van der Waals surface area contributed by atoms with Crippen LogP contribution < -0.4 is 5.73 Å². The molecule has 0 aromatic carbocycles. The van der Waals surface area contributed by atoms with E-state index in [1.54, 1.807) is 6.92 Å². The highest BCUT2D eigenvalue weighted by molar-refractivity contribution is 7.89. The number of piperidine rings is 1. The molecular formula is C10H18N4O2S. The van der Waals surface area contributed by atoms with Crippen LogP contribution in [0.25, 0.3) is 0 Å². The molecular weight excluding hydrogens is 240 g/mol. The summed E-state index contributed by atoms with van der Waals surface area (Å²) >= 11 is 0. The Labute approximate surface area is 101 Å². The number of rotatable bonds is 3. The largest absolute Gasteiger partial charge is 0.325 e. The quantitative estimate of drug-likeness (QED) is 0.818. The smallest absolute Gasteiger partial charge is 0.246 e. The van der Waals surface area contributed by atoms with Crippen molar-refractivity contribution in [1.82, 2.24) is 14.5 Å². The monoisotopic (exact) mass is 258 g/mol. The maximum absolute atomic E-state index is 12.5. The molecule has 0 radical (unpaired) electrons. The van der Waals surface area contributed by atoms with Crippen molar-refractivity contribution in [1.29, 1.82) is 0 Å². The SMILES string of the molecule is Cc1[nH]nc(CN)c1S(=O)(=O)N1CCCCC1. The molecule has 7 heteroatoms. The Bertz CT molecular complexity index is 488. The average molecular weight is 258 g/mol. The van der Waals surface area contributed by atoms with Crippen molar-refractivity contribution in [3.05, 3.63) is 11.4 Å². The van der Waals surface area contributed by atoms with E-state index in [2.05, 4.69) is 10.2 Å². The zero-order valence-corrected chi connectivity index (χ0v) is 10.8. The zero-order chi connectivity index (χ0) is 12.5. The first kappa shape index (κ1) is 12.5. The molecule has 1 aliphatic heterocycles. The van der Waals surface area contributed by atoms with E-state index >= 15 is 0 Å². The van der Waals surface area contributed by atoms with Gasteiger partial charge in [-0.2, -0.15) is 9.40 Å². The molecule has 0 atom stereocenters. The molecule has 1 fully saturated rings. The Morgan fingerprint density at radius 1 is 1.35 bits per heavy atom. The van der Waals surface area contributed by atoms with Gasteiger partial charge in [-0.25, -0.2) is 8.42 Å². The van der Waals surface area contributed by atoms with Crippen LogP contribution in [-0.4, -0.2) is 36.0 Å². The number of hydrogen-bond donors (Lipinski definition) is 2. The summed E-state index contributed by atoms with van der Waals surface area (Å²) in [6, 6.07) is 0. The van der Waals surface area contributed by atoms with Gasteiger partial charge in [-0.15, -0.1) is 0 Å². The Balaban J connectivity index is 2.39. The summed E-state index contributed by atoms with van der Waals surface area (Å²) in [5, 5.41) is 6.64. The molecule has 1 saturated heterocycles. The lowest BCUT2D eigenvalue weighted by Gasteiger charge is -2.25. The number of hydrogen-bond acceptors (Lipinski definition) is 4. The van der Waals surface area contributed by atoms with Gasteiger partial charge in [0.15, 0.2) is 0 Å². The van der Waals surface area contributed by atoms with Gasteiger partial charge in [0.05, 0.1) is 11.4 Å². The van der Waals surface area contributed by atoms with Gasteiger partial charge in [0, 0.05) is 19.6 Å². The molecule has 6 nitrogen and oxygen atoms in total. The lowest BCUT2D eigenvalue weighted by Crippen LogP contribution is -2.36. The number of nitrogens with two attached hydrogens (primary N) is 1. The van der Waals surface area contributed by atoms with E-state index in [1.807, 2.05) is 0 Å². The summed E-state index contributed by atoms with van der Waals surface area (Å²) in [6.45, 7) is 3.03. The lowest BCUT2D eigenvalue weighted by atomic mass is 10.2. The van der Waals surface area contributed by atoms with E-state index in [0.717, 1.165) is 19.3 Å². The molecule has 17 heavy (non-hydrogen) atoms. The minimum atomic E-state index is -3.43. The third-order valence-corrected chi connectivity index (χ3v) is 5.17. The summed E-state index contributed by atoms with van der Waals surface area (Å²) in [7, 11) is -3.43. The first-order valence-corrected chi connectivity index (χ1v) is 7.25. The molecule has 0 aliphatic carbocycles. The molecule has 3 N–H and O–H groups in total. The average Bonchev–Trinajstić information content (AvgIpc) is 2.72. The number of H-pyrrole nitrogens is 1. The molecule has 0 amide bonds. The summed E-state index contributed by atoms with van der Waals surface area (Å²) in [4.78, 5) is 0.266. The van der Waals surface area contributed by atoms with E-state index in [0.29, 0.717) is 24.5 Å². The first-order chi connectivity index (χ1) is 8.07. The van der Waals surface area contributed by atoms with Crippen molar-refractivity contribution in [3.63, 3.8) is 0 Å². The fourth-order valence-electron chi connectivity index (χ4n) is 2.18. The molecule has 1 aromatic rings. The van der Waals surface area contributed by atoms with Crippen LogP contribution in [0, 0.1) is 6.92 Å². The summed E-state index contributed by atoms with van der Waals surface area (Å²) in [5.41, 5.74) is 6.51. The fraction of sp³-hybridized carbons (Fsp3) is 0.700. The van der Waals surface area contributed by atoms with Gasteiger partial charge in [0.2, 0.25) is 10.0 Å². The summed E-state index contributed by atoms with van der Waals surface area (Å²) in [6.07, 6.45) is 2.95. The summed E-state index contributed by atoms with van der Waals surface area (Å²) < 4.78 is 26.5. The van der Waals surface area contributed by atoms with Crippen LogP contribution >= 0.6 is 0 Å². The van der Waals surface area contributed by atoms with E-state index in [1.165, 1.54) is 4.31 Å². The molecule has 0 spiro atoms. The predicted octanol–water partition coefficient (Wildman–Crippen LogP) is 0.351. The van der Waals surface area contributed by atoms with Gasteiger partial charge >= 0.3 is 0 Å². The fourth-order valence-corrected chi connectivity index (χ4v) is 4.04. The number of sulfonamides is 1. The van der Waals surface area contributed by atoms with Crippen LogP contribution in [0.2, 0.25) is 0 Å². The number of nitrogens with zero attached hydrogens (tertiary/aromatic N) is 2. The van der Waals surface area contributed by atoms with Crippen molar-refractivity contribution in [2.45, 2.75) is 37.6 Å². The van der Waals surface area contributed by atoms with Crippen LogP contribution in [0.3, 0.4) is 0 Å². The first-order valence-electron chi connectivity index (χ1n) is 5.81. The number of aryl methyl sites for hydroxylation is 1. The van der Waals surface area contributed by atoms with Crippen molar-refractivity contribution in [2.24, 2.45) is 5.73 Å². The summed E-state index contributed by atoms with van der Waals surface area (Å²) in [5.74, 6) is 0. The van der Waals surface area contributed by atoms with Crippen LogP contribution in [0.4, 0.5) is 0 Å². The van der Waals surface area contributed by atoms with Crippen molar-refractivity contribution in [2.75, 3.05) is 13.1 Å². The minimum absolute atomic E-state index is 0.132. The van der Waals surface area contributed by atoms with Crippen molar-refractivity contribution < 1.29 is 8.42 Å². The topological polar surface area (TPSA) is 92.1 Å². The van der Waals surface area contributed by atoms with E-state index in [-0.39, 0.29) is 11.4 Å². The maximum Gasteiger partial charge on any atom is 0.246 e. The predicted molar refractivity (Wildman–Crippen MR) is 63.8 cm³/mol. The zero-order valence-electron chi connectivity index (χ0n) is 9.94. The minimum Gasteiger partial charge on any atom is -0.325 e. The number of aromatic amines is 1. The normalized spacial score (nSPS) is 18.5. The highest BCUT2D eigenvalue weighted by Gasteiger charge is 2.31. The second kappa shape index (κ2) is 4.75. The van der Waals surface area contributed by atoms with Gasteiger partial charge in [-0.1, -0.05) is 6.42 Å². The van der Waals surface area contributed by atoms with Crippen LogP contribution in [0.15, 0.2) is 4.90 Å². The lowest BCUT2D eigenvalue weighted by molar-refractivity contribution is 0.346. The third kappa shape index (κ3) is 2.22. The number of aromatic nitrogens is 2. The highest BCUT2D eigenvalue weighted by Crippen LogP contribution is 2.24. The molecule has 1 aromatic heterocycles. The van der Waals surface area contributed by atoms with Gasteiger partial charge < -0.3 is 5.73 Å². The van der Waals surface area contributed by atoms with E-state index in [4.69, 9.17) is 5.73 Å². The number of nitrogens with one attached hydrogen (secondary N) is 1. The second-order valence-electron chi connectivity index (χ2n) is 4.29. The third-order valence-electron chi connectivity index (χ3n) is 3.07. The van der Waals surface area contributed by atoms with Crippen LogP contribution in [0.5, 0.6) is 0 Å². The Morgan fingerprint density at radius 3 is 2.59 bits per heavy atom. The van der Waals surface area contributed by atoms with E-state index < -0.39 is 10.0 Å². The van der Waals surface area contributed by atoms with Crippen molar-refractivity contribution >= 4 is 10.0 Å². The Kier molecular flexibility index (Phi) is 3.50. The molecule has 2 heterocycles. The van der Waals surface area contributed by atoms with E-state index in [9.17, 15) is 8.42 Å². The standard InChI is InChI=1S/C10H18N4O2S/c1-8-10(9(7-11)13-12-8)17(15,16)14-5-3-2-4-6-14/h2-7,11H2,1H3,(H,12,13). The van der Waals surface area contributed by atoms with Gasteiger partial charge in [0.1, 0.15) is 4.90 Å². The van der Waals surface area contributed by atoms with Gasteiger partial charge in [-0.3, -0.25) is 5.10 Å². The molecule has 2 rings (SSSR count). The Hall–Kier alpha value is -0.920. The van der Waals surface area contributed by atoms with Crippen molar-refractivity contribution in [3.8, 4) is 0 Å². The molecule has 0 bridgehead atoms. The Morgan fingerprint density at radius 2 is 2.00 bits per heavy atom.